The maximum Gasteiger partial charge on any atom is 0.319 e. The molecule has 0 heterocycles. The standard InChI is InChI=1S/C17H27N3O2/c1-12(2)20(3)15-7-5-6-13(10-15)18-17(21)19-14-8-9-16(11-14)22-4/h5-7,10,12,14,16H,8-9,11H2,1-4H3,(H2,18,19,21). The Bertz CT molecular complexity index is 504. The molecule has 2 rings (SSSR count). The Balaban J connectivity index is 1.90. The molecule has 0 spiro atoms. The van der Waals surface area contributed by atoms with Crippen molar-refractivity contribution in [3.63, 3.8) is 0 Å². The van der Waals surface area contributed by atoms with Gasteiger partial charge in [-0.15, -0.1) is 0 Å². The molecule has 5 nitrogen and oxygen atoms in total. The van der Waals surface area contributed by atoms with Crippen LogP contribution in [0.25, 0.3) is 0 Å². The molecule has 1 aromatic rings. The highest BCUT2D eigenvalue weighted by Crippen LogP contribution is 2.22. The Morgan fingerprint density at radius 2 is 2.14 bits per heavy atom. The average Bonchev–Trinajstić information content (AvgIpc) is 2.94. The number of urea groups is 1. The van der Waals surface area contributed by atoms with Gasteiger partial charge in [0.1, 0.15) is 0 Å². The van der Waals surface area contributed by atoms with E-state index in [1.807, 2.05) is 31.3 Å². The van der Waals surface area contributed by atoms with E-state index in [0.717, 1.165) is 30.6 Å². The zero-order valence-corrected chi connectivity index (χ0v) is 13.9. The molecule has 22 heavy (non-hydrogen) atoms. The molecule has 2 amide bonds. The second-order valence-electron chi connectivity index (χ2n) is 6.22. The highest BCUT2D eigenvalue weighted by atomic mass is 16.5. The molecule has 1 aromatic carbocycles. The van der Waals surface area contributed by atoms with Crippen LogP contribution in [0.15, 0.2) is 24.3 Å². The van der Waals surface area contributed by atoms with Gasteiger partial charge >= 0.3 is 6.03 Å². The van der Waals surface area contributed by atoms with E-state index in [4.69, 9.17) is 4.74 Å². The third-order valence-corrected chi connectivity index (χ3v) is 4.34. The quantitative estimate of drug-likeness (QED) is 0.878. The minimum Gasteiger partial charge on any atom is -0.381 e. The molecular formula is C17H27N3O2. The summed E-state index contributed by atoms with van der Waals surface area (Å²) in [6.07, 6.45) is 3.14. The van der Waals surface area contributed by atoms with E-state index in [1.54, 1.807) is 7.11 Å². The van der Waals surface area contributed by atoms with Crippen molar-refractivity contribution in [1.82, 2.24) is 5.32 Å². The van der Waals surface area contributed by atoms with Gasteiger partial charge in [-0.2, -0.15) is 0 Å². The minimum absolute atomic E-state index is 0.147. The first-order chi connectivity index (χ1) is 10.5. The van der Waals surface area contributed by atoms with Gasteiger partial charge < -0.3 is 20.3 Å². The van der Waals surface area contributed by atoms with Crippen molar-refractivity contribution in [2.45, 2.75) is 51.3 Å². The van der Waals surface area contributed by atoms with Crippen LogP contribution in [0, 0.1) is 0 Å². The van der Waals surface area contributed by atoms with Gasteiger partial charge in [-0.3, -0.25) is 0 Å². The molecule has 122 valence electrons. The van der Waals surface area contributed by atoms with E-state index in [0.29, 0.717) is 6.04 Å². The third-order valence-electron chi connectivity index (χ3n) is 4.34. The Morgan fingerprint density at radius 3 is 2.77 bits per heavy atom. The van der Waals surface area contributed by atoms with Crippen LogP contribution in [0.4, 0.5) is 16.2 Å². The van der Waals surface area contributed by atoms with Crippen LogP contribution in [0.3, 0.4) is 0 Å². The van der Waals surface area contributed by atoms with E-state index < -0.39 is 0 Å². The fraction of sp³-hybridized carbons (Fsp3) is 0.588. The number of carbonyl (C=O) groups excluding carboxylic acids is 1. The SMILES string of the molecule is COC1CCC(NC(=O)Nc2cccc(N(C)C(C)C)c2)C1. The first kappa shape index (κ1) is 16.6. The number of nitrogens with zero attached hydrogens (tertiary/aromatic N) is 1. The molecule has 1 fully saturated rings. The Labute approximate surface area is 133 Å². The van der Waals surface area contributed by atoms with E-state index >= 15 is 0 Å². The molecule has 0 bridgehead atoms. The molecule has 1 aliphatic carbocycles. The lowest BCUT2D eigenvalue weighted by atomic mass is 10.2. The molecule has 1 aliphatic rings. The van der Waals surface area contributed by atoms with Crippen LogP contribution < -0.4 is 15.5 Å². The van der Waals surface area contributed by atoms with Crippen molar-refractivity contribution >= 4 is 17.4 Å². The highest BCUT2D eigenvalue weighted by molar-refractivity contribution is 5.90. The predicted molar refractivity (Wildman–Crippen MR) is 90.6 cm³/mol. The van der Waals surface area contributed by atoms with Crippen molar-refractivity contribution in [2.24, 2.45) is 0 Å². The molecule has 2 unspecified atom stereocenters. The number of hydrogen-bond acceptors (Lipinski definition) is 3. The molecule has 1 saturated carbocycles. The zero-order chi connectivity index (χ0) is 16.1. The van der Waals surface area contributed by atoms with Gasteiger partial charge in [-0.1, -0.05) is 6.07 Å². The number of rotatable bonds is 5. The second-order valence-corrected chi connectivity index (χ2v) is 6.22. The van der Waals surface area contributed by atoms with Gasteiger partial charge in [0.05, 0.1) is 6.10 Å². The van der Waals surface area contributed by atoms with Crippen LogP contribution in [-0.4, -0.2) is 38.4 Å². The van der Waals surface area contributed by atoms with Gasteiger partial charge in [0.15, 0.2) is 0 Å². The summed E-state index contributed by atoms with van der Waals surface area (Å²) in [4.78, 5) is 14.3. The lowest BCUT2D eigenvalue weighted by Gasteiger charge is -2.24. The molecule has 0 aromatic heterocycles. The Kier molecular flexibility index (Phi) is 5.66. The van der Waals surface area contributed by atoms with E-state index in [1.165, 1.54) is 0 Å². The summed E-state index contributed by atoms with van der Waals surface area (Å²) >= 11 is 0. The summed E-state index contributed by atoms with van der Waals surface area (Å²) in [7, 11) is 3.77. The van der Waals surface area contributed by atoms with Crippen molar-refractivity contribution in [1.29, 1.82) is 0 Å². The summed E-state index contributed by atoms with van der Waals surface area (Å²) in [6.45, 7) is 4.28. The van der Waals surface area contributed by atoms with Gasteiger partial charge in [-0.05, 0) is 51.3 Å². The number of benzene rings is 1. The summed E-state index contributed by atoms with van der Waals surface area (Å²) in [6, 6.07) is 8.37. The monoisotopic (exact) mass is 305 g/mol. The number of amides is 2. The van der Waals surface area contributed by atoms with Crippen LogP contribution >= 0.6 is 0 Å². The van der Waals surface area contributed by atoms with Crippen molar-refractivity contribution < 1.29 is 9.53 Å². The molecular weight excluding hydrogens is 278 g/mol. The largest absolute Gasteiger partial charge is 0.381 e. The van der Waals surface area contributed by atoms with E-state index in [2.05, 4.69) is 29.4 Å². The molecule has 0 radical (unpaired) electrons. The maximum absolute atomic E-state index is 12.1. The predicted octanol–water partition coefficient (Wildman–Crippen LogP) is 3.22. The first-order valence-electron chi connectivity index (χ1n) is 7.92. The van der Waals surface area contributed by atoms with Crippen molar-refractivity contribution in [3.05, 3.63) is 24.3 Å². The van der Waals surface area contributed by atoms with Crippen molar-refractivity contribution in [2.75, 3.05) is 24.4 Å². The third kappa shape index (κ3) is 4.37. The summed E-state index contributed by atoms with van der Waals surface area (Å²) in [5, 5.41) is 5.94. The van der Waals surface area contributed by atoms with Crippen molar-refractivity contribution in [3.8, 4) is 0 Å². The van der Waals surface area contributed by atoms with Gasteiger partial charge in [0.2, 0.25) is 0 Å². The Hall–Kier alpha value is -1.75. The summed E-state index contributed by atoms with van der Waals surface area (Å²) in [5.74, 6) is 0. The van der Waals surface area contributed by atoms with E-state index in [-0.39, 0.29) is 18.2 Å². The van der Waals surface area contributed by atoms with E-state index in [9.17, 15) is 4.79 Å². The normalized spacial score (nSPS) is 21.0. The van der Waals surface area contributed by atoms with Gasteiger partial charge in [0, 0.05) is 37.6 Å². The topological polar surface area (TPSA) is 53.6 Å². The smallest absolute Gasteiger partial charge is 0.319 e. The molecule has 0 aliphatic heterocycles. The average molecular weight is 305 g/mol. The Morgan fingerprint density at radius 1 is 1.36 bits per heavy atom. The fourth-order valence-corrected chi connectivity index (χ4v) is 2.74. The van der Waals surface area contributed by atoms with Crippen LogP contribution in [0.5, 0.6) is 0 Å². The van der Waals surface area contributed by atoms with Gasteiger partial charge in [-0.25, -0.2) is 4.79 Å². The summed E-state index contributed by atoms with van der Waals surface area (Å²) in [5.41, 5.74) is 1.90. The molecule has 5 heteroatoms. The number of ether oxygens (including phenoxy) is 1. The van der Waals surface area contributed by atoms with Crippen LogP contribution in [-0.2, 0) is 4.74 Å². The number of hydrogen-bond donors (Lipinski definition) is 2. The first-order valence-corrected chi connectivity index (χ1v) is 7.92. The number of nitrogens with one attached hydrogen (secondary N) is 2. The number of anilines is 2. The lowest BCUT2D eigenvalue weighted by molar-refractivity contribution is 0.107. The molecule has 0 saturated heterocycles. The van der Waals surface area contributed by atoms with Gasteiger partial charge in [0.25, 0.3) is 0 Å². The fourth-order valence-electron chi connectivity index (χ4n) is 2.74. The number of methoxy groups -OCH3 is 1. The molecule has 2 atom stereocenters. The second kappa shape index (κ2) is 7.49. The number of carbonyl (C=O) groups is 1. The lowest BCUT2D eigenvalue weighted by Crippen LogP contribution is -2.36. The molecule has 2 N–H and O–H groups in total. The minimum atomic E-state index is -0.147. The maximum atomic E-state index is 12.1. The van der Waals surface area contributed by atoms with Crippen LogP contribution in [0.2, 0.25) is 0 Å². The van der Waals surface area contributed by atoms with Crippen LogP contribution in [0.1, 0.15) is 33.1 Å². The summed E-state index contributed by atoms with van der Waals surface area (Å²) < 4.78 is 5.33. The zero-order valence-electron chi connectivity index (χ0n) is 13.9. The highest BCUT2D eigenvalue weighted by Gasteiger charge is 2.25.